The van der Waals surface area contributed by atoms with E-state index in [1.54, 1.807) is 0 Å². The average Bonchev–Trinajstić information content (AvgIpc) is 2.57. The maximum Gasteiger partial charge on any atom is 0.249 e. The first-order valence-electron chi connectivity index (χ1n) is 7.91. The third kappa shape index (κ3) is 3.84. The molecular formula is C17H18ClF2N2O2S+. The molecule has 2 aromatic carbocycles. The molecule has 0 aromatic heterocycles. The zero-order chi connectivity index (χ0) is 18.0. The molecule has 1 heterocycles. The van der Waals surface area contributed by atoms with Crippen LogP contribution in [0.15, 0.2) is 47.4 Å². The van der Waals surface area contributed by atoms with Crippen molar-refractivity contribution in [3.63, 3.8) is 0 Å². The van der Waals surface area contributed by atoms with Crippen molar-refractivity contribution in [3.05, 3.63) is 64.7 Å². The molecule has 1 aliphatic heterocycles. The van der Waals surface area contributed by atoms with Crippen molar-refractivity contribution in [2.45, 2.75) is 11.4 Å². The zero-order valence-corrected chi connectivity index (χ0v) is 15.0. The van der Waals surface area contributed by atoms with Crippen molar-refractivity contribution < 1.29 is 22.1 Å². The molecule has 0 amide bonds. The van der Waals surface area contributed by atoms with Crippen LogP contribution in [0.3, 0.4) is 0 Å². The number of piperazine rings is 1. The fraction of sp³-hybridized carbons (Fsp3) is 0.294. The highest BCUT2D eigenvalue weighted by Crippen LogP contribution is 2.22. The molecule has 0 radical (unpaired) electrons. The van der Waals surface area contributed by atoms with E-state index in [1.807, 2.05) is 24.3 Å². The quantitative estimate of drug-likeness (QED) is 0.867. The van der Waals surface area contributed by atoms with Gasteiger partial charge < -0.3 is 4.90 Å². The highest BCUT2D eigenvalue weighted by Gasteiger charge is 2.34. The summed E-state index contributed by atoms with van der Waals surface area (Å²) in [5, 5.41) is 0.679. The van der Waals surface area contributed by atoms with Crippen molar-refractivity contribution in [1.29, 1.82) is 0 Å². The minimum atomic E-state index is -4.18. The summed E-state index contributed by atoms with van der Waals surface area (Å²) in [7, 11) is -4.18. The number of hydrogen-bond acceptors (Lipinski definition) is 2. The van der Waals surface area contributed by atoms with Gasteiger partial charge in [0.25, 0.3) is 0 Å². The fourth-order valence-corrected chi connectivity index (χ4v) is 4.74. The SMILES string of the molecule is O=S(=O)(c1c(F)cccc1F)N1CC[NH+](Cc2ccccc2Cl)CC1. The number of hydrogen-bond donors (Lipinski definition) is 1. The summed E-state index contributed by atoms with van der Waals surface area (Å²) in [6.45, 7) is 2.18. The molecular weight excluding hydrogens is 370 g/mol. The average molecular weight is 388 g/mol. The highest BCUT2D eigenvalue weighted by atomic mass is 35.5. The Morgan fingerprint density at radius 3 is 2.20 bits per heavy atom. The zero-order valence-electron chi connectivity index (χ0n) is 13.4. The van der Waals surface area contributed by atoms with Gasteiger partial charge in [-0.2, -0.15) is 4.31 Å². The van der Waals surface area contributed by atoms with E-state index in [-0.39, 0.29) is 13.1 Å². The standard InChI is InChI=1S/C17H17ClF2N2O2S/c18-14-5-2-1-4-13(14)12-21-8-10-22(11-9-21)25(23,24)17-15(19)6-3-7-16(17)20/h1-7H,8-12H2/p+1. The molecule has 0 atom stereocenters. The van der Waals surface area contributed by atoms with Crippen molar-refractivity contribution in [2.75, 3.05) is 26.2 Å². The largest absolute Gasteiger partial charge is 0.329 e. The van der Waals surface area contributed by atoms with Gasteiger partial charge in [-0.05, 0) is 18.2 Å². The van der Waals surface area contributed by atoms with Crippen LogP contribution in [0.1, 0.15) is 5.56 Å². The van der Waals surface area contributed by atoms with Crippen molar-refractivity contribution in [3.8, 4) is 0 Å². The van der Waals surface area contributed by atoms with Crippen LogP contribution in [0.4, 0.5) is 8.78 Å². The molecule has 8 heteroatoms. The second-order valence-corrected chi connectivity index (χ2v) is 8.26. The van der Waals surface area contributed by atoms with Gasteiger partial charge in [-0.25, -0.2) is 17.2 Å². The van der Waals surface area contributed by atoms with Gasteiger partial charge >= 0.3 is 0 Å². The van der Waals surface area contributed by atoms with E-state index < -0.39 is 26.6 Å². The van der Waals surface area contributed by atoms with Gasteiger partial charge in [-0.15, -0.1) is 0 Å². The third-order valence-corrected chi connectivity index (χ3v) is 6.66. The molecule has 25 heavy (non-hydrogen) atoms. The lowest BCUT2D eigenvalue weighted by Crippen LogP contribution is -3.13. The molecule has 1 saturated heterocycles. The minimum absolute atomic E-state index is 0.204. The minimum Gasteiger partial charge on any atom is -0.329 e. The van der Waals surface area contributed by atoms with Crippen LogP contribution in [-0.2, 0) is 16.6 Å². The summed E-state index contributed by atoms with van der Waals surface area (Å²) in [4.78, 5) is 0.304. The van der Waals surface area contributed by atoms with E-state index in [1.165, 1.54) is 4.90 Å². The topological polar surface area (TPSA) is 41.8 Å². The number of quaternary nitrogens is 1. The van der Waals surface area contributed by atoms with Gasteiger partial charge in [0.2, 0.25) is 10.0 Å². The van der Waals surface area contributed by atoms with Gasteiger partial charge in [-0.1, -0.05) is 35.9 Å². The molecule has 2 aromatic rings. The van der Waals surface area contributed by atoms with Gasteiger partial charge in [0.1, 0.15) is 18.2 Å². The third-order valence-electron chi connectivity index (χ3n) is 4.34. The Bertz CT molecular complexity index is 848. The Morgan fingerprint density at radius 2 is 1.60 bits per heavy atom. The maximum atomic E-state index is 13.8. The van der Waals surface area contributed by atoms with Crippen LogP contribution in [0.5, 0.6) is 0 Å². The number of sulfonamides is 1. The number of rotatable bonds is 4. The van der Waals surface area contributed by atoms with Gasteiger partial charge in [-0.3, -0.25) is 0 Å². The van der Waals surface area contributed by atoms with Crippen LogP contribution in [0.2, 0.25) is 5.02 Å². The van der Waals surface area contributed by atoms with E-state index in [0.29, 0.717) is 24.7 Å². The first kappa shape index (κ1) is 18.3. The van der Waals surface area contributed by atoms with Crippen LogP contribution in [-0.4, -0.2) is 38.9 Å². The van der Waals surface area contributed by atoms with Crippen molar-refractivity contribution in [2.24, 2.45) is 0 Å². The monoisotopic (exact) mass is 387 g/mol. The molecule has 1 fully saturated rings. The molecule has 4 nitrogen and oxygen atoms in total. The molecule has 1 N–H and O–H groups in total. The van der Waals surface area contributed by atoms with Crippen molar-refractivity contribution in [1.82, 2.24) is 4.31 Å². The van der Waals surface area contributed by atoms with E-state index in [4.69, 9.17) is 11.6 Å². The smallest absolute Gasteiger partial charge is 0.249 e. The first-order valence-corrected chi connectivity index (χ1v) is 9.72. The number of benzene rings is 2. The lowest BCUT2D eigenvalue weighted by molar-refractivity contribution is -0.917. The predicted molar refractivity (Wildman–Crippen MR) is 91.0 cm³/mol. The predicted octanol–water partition coefficient (Wildman–Crippen LogP) is 1.71. The molecule has 3 rings (SSSR count). The van der Waals surface area contributed by atoms with Gasteiger partial charge in [0.05, 0.1) is 26.2 Å². The number of nitrogens with zero attached hydrogens (tertiary/aromatic N) is 1. The molecule has 0 unspecified atom stereocenters. The summed E-state index contributed by atoms with van der Waals surface area (Å²) in [6, 6.07) is 10.6. The van der Waals surface area contributed by atoms with E-state index in [9.17, 15) is 17.2 Å². The Labute approximate surface area is 150 Å². The van der Waals surface area contributed by atoms with Crippen molar-refractivity contribution >= 4 is 21.6 Å². The lowest BCUT2D eigenvalue weighted by atomic mass is 10.2. The number of nitrogens with one attached hydrogen (secondary N) is 1. The van der Waals surface area contributed by atoms with E-state index >= 15 is 0 Å². The molecule has 0 saturated carbocycles. The molecule has 1 aliphatic rings. The Balaban J connectivity index is 1.71. The van der Waals surface area contributed by atoms with Crippen LogP contribution in [0, 0.1) is 11.6 Å². The van der Waals surface area contributed by atoms with Crippen LogP contribution >= 0.6 is 11.6 Å². The Morgan fingerprint density at radius 1 is 1.00 bits per heavy atom. The van der Waals surface area contributed by atoms with Crippen LogP contribution in [0.25, 0.3) is 0 Å². The summed E-state index contributed by atoms with van der Waals surface area (Å²) >= 11 is 6.16. The second-order valence-electron chi connectivity index (χ2n) is 5.97. The Hall–Kier alpha value is -1.54. The van der Waals surface area contributed by atoms with Crippen LogP contribution < -0.4 is 4.90 Å². The van der Waals surface area contributed by atoms with E-state index in [2.05, 4.69) is 0 Å². The second kappa shape index (κ2) is 7.37. The molecule has 0 aliphatic carbocycles. The molecule has 0 bridgehead atoms. The summed E-state index contributed by atoms with van der Waals surface area (Å²) in [6.07, 6.45) is 0. The summed E-state index contributed by atoms with van der Waals surface area (Å²) < 4.78 is 54.0. The van der Waals surface area contributed by atoms with Gasteiger partial charge in [0.15, 0.2) is 4.90 Å². The normalized spacial score (nSPS) is 16.9. The molecule has 0 spiro atoms. The lowest BCUT2D eigenvalue weighted by Gasteiger charge is -2.31. The summed E-state index contributed by atoms with van der Waals surface area (Å²) in [5.41, 5.74) is 0.996. The van der Waals surface area contributed by atoms with E-state index in [0.717, 1.165) is 28.1 Å². The Kier molecular flexibility index (Phi) is 5.38. The number of halogens is 3. The molecule has 134 valence electrons. The first-order chi connectivity index (χ1) is 11.9. The maximum absolute atomic E-state index is 13.8. The fourth-order valence-electron chi connectivity index (χ4n) is 2.99. The van der Waals surface area contributed by atoms with Gasteiger partial charge in [0, 0.05) is 10.6 Å². The summed E-state index contributed by atoms with van der Waals surface area (Å²) in [5.74, 6) is -2.13. The highest BCUT2D eigenvalue weighted by molar-refractivity contribution is 7.89.